The highest BCUT2D eigenvalue weighted by Crippen LogP contribution is 2.40. The van der Waals surface area contributed by atoms with Gasteiger partial charge in [0.05, 0.1) is 11.7 Å². The van der Waals surface area contributed by atoms with Gasteiger partial charge in [0.2, 0.25) is 0 Å². The molecule has 1 saturated carbocycles. The summed E-state index contributed by atoms with van der Waals surface area (Å²) >= 11 is 7.70. The fraction of sp³-hybridized carbons (Fsp3) is 0.391. The standard InChI is InChI=1S/C23H22ClF3O3S/c24-19-13-20(28)18(9-2-5-14-4-1-6-15(12-14)23(25,26)27)17(19)8-3-7-16-10-11-21(31-16)22(29)30/h1,4-6,9-12,17-20,28H,3,7-8,13H2,(H,29,30). The number of hydrogen-bond donors (Lipinski definition) is 2. The van der Waals surface area contributed by atoms with Crippen molar-refractivity contribution in [2.45, 2.75) is 43.3 Å². The molecule has 0 saturated heterocycles. The van der Waals surface area contributed by atoms with Gasteiger partial charge in [0.1, 0.15) is 4.88 Å². The zero-order chi connectivity index (χ0) is 22.6. The monoisotopic (exact) mass is 470 g/mol. The maximum Gasteiger partial charge on any atom is 0.416 e. The highest BCUT2D eigenvalue weighted by atomic mass is 35.5. The number of carboxylic acids is 1. The summed E-state index contributed by atoms with van der Waals surface area (Å²) < 4.78 is 38.5. The molecule has 2 N–H and O–H groups in total. The number of carboxylic acid groups (broad SMARTS) is 1. The molecule has 3 nitrogen and oxygen atoms in total. The summed E-state index contributed by atoms with van der Waals surface area (Å²) in [5, 5.41) is 19.2. The molecule has 3 rings (SSSR count). The van der Waals surface area contributed by atoms with Gasteiger partial charge in [0.15, 0.2) is 0 Å². The molecule has 166 valence electrons. The van der Waals surface area contributed by atoms with Crippen molar-refractivity contribution in [3.8, 4) is 0 Å². The van der Waals surface area contributed by atoms with E-state index < -0.39 is 23.8 Å². The summed E-state index contributed by atoms with van der Waals surface area (Å²) in [5.41, 5.74) is 2.59. The van der Waals surface area contributed by atoms with Crippen molar-refractivity contribution in [3.05, 3.63) is 69.1 Å². The molecule has 1 aromatic carbocycles. The quantitative estimate of drug-likeness (QED) is 0.371. The third-order valence-electron chi connectivity index (χ3n) is 5.46. The molecule has 1 aliphatic rings. The number of aromatic carboxylic acids is 1. The van der Waals surface area contributed by atoms with E-state index in [0.29, 0.717) is 16.9 Å². The summed E-state index contributed by atoms with van der Waals surface area (Å²) in [6.07, 6.45) is 0.853. The van der Waals surface area contributed by atoms with E-state index in [4.69, 9.17) is 16.7 Å². The number of rotatable bonds is 7. The molecule has 1 heterocycles. The van der Waals surface area contributed by atoms with Crippen LogP contribution >= 0.6 is 22.9 Å². The number of aliphatic hydroxyl groups is 1. The molecular weight excluding hydrogens is 449 g/mol. The largest absolute Gasteiger partial charge is 0.477 e. The van der Waals surface area contributed by atoms with Crippen LogP contribution < -0.4 is 0 Å². The highest BCUT2D eigenvalue weighted by molar-refractivity contribution is 7.13. The highest BCUT2D eigenvalue weighted by Gasteiger charge is 2.39. The maximum atomic E-state index is 12.8. The topological polar surface area (TPSA) is 57.5 Å². The van der Waals surface area contributed by atoms with Gasteiger partial charge in [-0.05, 0) is 73.6 Å². The van der Waals surface area contributed by atoms with Gasteiger partial charge in [-0.15, -0.1) is 28.7 Å². The lowest BCUT2D eigenvalue weighted by molar-refractivity contribution is -0.137. The van der Waals surface area contributed by atoms with E-state index in [-0.39, 0.29) is 17.2 Å². The van der Waals surface area contributed by atoms with Gasteiger partial charge in [-0.1, -0.05) is 12.1 Å². The molecule has 8 heteroatoms. The molecule has 0 aliphatic heterocycles. The Morgan fingerprint density at radius 1 is 1.29 bits per heavy atom. The van der Waals surface area contributed by atoms with Crippen LogP contribution in [0.25, 0.3) is 6.08 Å². The van der Waals surface area contributed by atoms with Gasteiger partial charge >= 0.3 is 12.1 Å². The van der Waals surface area contributed by atoms with Crippen LogP contribution in [0.3, 0.4) is 0 Å². The number of hydrogen-bond acceptors (Lipinski definition) is 3. The number of carbonyl (C=O) groups is 1. The van der Waals surface area contributed by atoms with Crippen LogP contribution in [0.2, 0.25) is 0 Å². The average molecular weight is 471 g/mol. The Hall–Kier alpha value is -2.05. The molecular formula is C23H22ClF3O3S. The lowest BCUT2D eigenvalue weighted by Gasteiger charge is -2.19. The van der Waals surface area contributed by atoms with E-state index in [0.717, 1.165) is 36.3 Å². The van der Waals surface area contributed by atoms with Crippen LogP contribution in [0.1, 0.15) is 44.9 Å². The molecule has 1 aliphatic carbocycles. The first-order chi connectivity index (χ1) is 14.6. The Balaban J connectivity index is 1.64. The molecule has 0 spiro atoms. The Morgan fingerprint density at radius 3 is 2.74 bits per heavy atom. The van der Waals surface area contributed by atoms with Crippen molar-refractivity contribution >= 4 is 35.0 Å². The lowest BCUT2D eigenvalue weighted by atomic mass is 9.89. The zero-order valence-corrected chi connectivity index (χ0v) is 18.1. The van der Waals surface area contributed by atoms with Gasteiger partial charge in [0, 0.05) is 16.2 Å². The van der Waals surface area contributed by atoms with Crippen LogP contribution in [-0.2, 0) is 12.6 Å². The lowest BCUT2D eigenvalue weighted by Crippen LogP contribution is -2.18. The summed E-state index contributed by atoms with van der Waals surface area (Å²) in [7, 11) is 0. The maximum absolute atomic E-state index is 12.8. The summed E-state index contributed by atoms with van der Waals surface area (Å²) in [6.45, 7) is 0. The summed E-state index contributed by atoms with van der Waals surface area (Å²) in [5.74, 6) is -1.16. The first-order valence-corrected chi connectivity index (χ1v) is 11.1. The molecule has 4 atom stereocenters. The summed E-state index contributed by atoms with van der Waals surface area (Å²) in [6, 6.07) is 8.39. The predicted molar refractivity (Wildman–Crippen MR) is 115 cm³/mol. The molecule has 0 amide bonds. The van der Waals surface area contributed by atoms with Gasteiger partial charge < -0.3 is 10.2 Å². The van der Waals surface area contributed by atoms with Crippen LogP contribution in [0.4, 0.5) is 13.2 Å². The van der Waals surface area contributed by atoms with E-state index in [2.05, 4.69) is 5.73 Å². The number of halogens is 4. The van der Waals surface area contributed by atoms with Crippen molar-refractivity contribution in [3.63, 3.8) is 0 Å². The van der Waals surface area contributed by atoms with Crippen molar-refractivity contribution in [2.24, 2.45) is 11.8 Å². The fourth-order valence-corrected chi connectivity index (χ4v) is 5.26. The first kappa shape index (κ1) is 23.6. The Morgan fingerprint density at radius 2 is 2.06 bits per heavy atom. The number of thiophene rings is 1. The molecule has 4 unspecified atom stereocenters. The van der Waals surface area contributed by atoms with Crippen LogP contribution in [0, 0.1) is 11.8 Å². The van der Waals surface area contributed by atoms with E-state index in [1.807, 2.05) is 6.07 Å². The molecule has 1 fully saturated rings. The Labute approximate surface area is 187 Å². The second-order valence-corrected chi connectivity index (χ2v) is 9.35. The third-order valence-corrected chi connectivity index (χ3v) is 7.09. The number of aliphatic hydroxyl groups excluding tert-OH is 1. The van der Waals surface area contributed by atoms with Crippen LogP contribution in [-0.4, -0.2) is 27.7 Å². The van der Waals surface area contributed by atoms with Gasteiger partial charge in [-0.25, -0.2) is 4.79 Å². The van der Waals surface area contributed by atoms with Crippen molar-refractivity contribution in [2.75, 3.05) is 0 Å². The SMILES string of the molecule is O=C(O)c1ccc(CCCC2C(Cl)CC(O)C2C=C=Cc2cccc(C(F)(F)F)c2)s1. The van der Waals surface area contributed by atoms with Crippen molar-refractivity contribution in [1.82, 2.24) is 0 Å². The normalized spacial score (nSPS) is 23.4. The van der Waals surface area contributed by atoms with Crippen molar-refractivity contribution in [1.29, 1.82) is 0 Å². The molecule has 1 aromatic heterocycles. The van der Waals surface area contributed by atoms with E-state index in [9.17, 15) is 23.1 Å². The third kappa shape index (κ3) is 6.23. The minimum absolute atomic E-state index is 0.0120. The van der Waals surface area contributed by atoms with E-state index >= 15 is 0 Å². The van der Waals surface area contributed by atoms with Gasteiger partial charge in [0.25, 0.3) is 0 Å². The predicted octanol–water partition coefficient (Wildman–Crippen LogP) is 6.26. The number of alkyl halides is 4. The van der Waals surface area contributed by atoms with Gasteiger partial charge in [-0.3, -0.25) is 0 Å². The zero-order valence-electron chi connectivity index (χ0n) is 16.5. The van der Waals surface area contributed by atoms with Crippen molar-refractivity contribution < 1.29 is 28.2 Å². The van der Waals surface area contributed by atoms with Crippen LogP contribution in [0.15, 0.2) is 48.2 Å². The summed E-state index contributed by atoms with van der Waals surface area (Å²) in [4.78, 5) is 12.3. The second-order valence-electron chi connectivity index (χ2n) is 7.62. The number of aryl methyl sites for hydroxylation is 1. The smallest absolute Gasteiger partial charge is 0.416 e. The van der Waals surface area contributed by atoms with E-state index in [1.165, 1.54) is 23.5 Å². The Kier molecular flexibility index (Phi) is 7.65. The Bertz CT molecular complexity index is 978. The molecule has 0 radical (unpaired) electrons. The van der Waals surface area contributed by atoms with Gasteiger partial charge in [-0.2, -0.15) is 13.2 Å². The average Bonchev–Trinajstić information content (AvgIpc) is 3.27. The van der Waals surface area contributed by atoms with Crippen LogP contribution in [0.5, 0.6) is 0 Å². The van der Waals surface area contributed by atoms with E-state index in [1.54, 1.807) is 18.2 Å². The minimum Gasteiger partial charge on any atom is -0.477 e. The fourth-order valence-electron chi connectivity index (χ4n) is 3.90. The molecule has 0 bridgehead atoms. The second kappa shape index (κ2) is 10.0. The number of benzene rings is 1. The molecule has 31 heavy (non-hydrogen) atoms. The molecule has 2 aromatic rings. The first-order valence-electron chi connectivity index (χ1n) is 9.89. The minimum atomic E-state index is -4.40.